The molecule has 0 spiro atoms. The highest BCUT2D eigenvalue weighted by Crippen LogP contribution is 2.36. The summed E-state index contributed by atoms with van der Waals surface area (Å²) in [5, 5.41) is 4.30. The molecule has 1 N–H and O–H groups in total. The fourth-order valence-electron chi connectivity index (χ4n) is 2.40. The Morgan fingerprint density at radius 3 is 3.29 bits per heavy atom. The van der Waals surface area contributed by atoms with Crippen LogP contribution in [0.15, 0.2) is 18.2 Å². The van der Waals surface area contributed by atoms with Crippen LogP contribution in [0.3, 0.4) is 0 Å². The number of rotatable bonds is 0. The van der Waals surface area contributed by atoms with E-state index < -0.39 is 0 Å². The van der Waals surface area contributed by atoms with Crippen LogP contribution in [0.4, 0.5) is 0 Å². The molecule has 1 saturated heterocycles. The first-order chi connectivity index (χ1) is 6.84. The van der Waals surface area contributed by atoms with Gasteiger partial charge in [0, 0.05) is 18.0 Å². The normalized spacial score (nSPS) is 29.8. The van der Waals surface area contributed by atoms with E-state index >= 15 is 0 Å². The van der Waals surface area contributed by atoms with Gasteiger partial charge in [-0.2, -0.15) is 0 Å². The van der Waals surface area contributed by atoms with E-state index in [-0.39, 0.29) is 0 Å². The van der Waals surface area contributed by atoms with Gasteiger partial charge in [-0.05, 0) is 23.3 Å². The number of nitrogens with one attached hydrogen (secondary N) is 1. The third kappa shape index (κ3) is 1.26. The summed E-state index contributed by atoms with van der Waals surface area (Å²) in [5.41, 5.74) is 2.70. The van der Waals surface area contributed by atoms with Crippen LogP contribution in [0.2, 0.25) is 5.02 Å². The Balaban J connectivity index is 2.02. The van der Waals surface area contributed by atoms with E-state index in [9.17, 15) is 0 Å². The van der Waals surface area contributed by atoms with E-state index in [2.05, 4.69) is 17.4 Å². The zero-order chi connectivity index (χ0) is 9.54. The van der Waals surface area contributed by atoms with Gasteiger partial charge in [0.25, 0.3) is 0 Å². The maximum atomic E-state index is 5.99. The van der Waals surface area contributed by atoms with Gasteiger partial charge >= 0.3 is 0 Å². The van der Waals surface area contributed by atoms with Gasteiger partial charge in [0.1, 0.15) is 0 Å². The van der Waals surface area contributed by atoms with E-state index in [1.165, 1.54) is 11.1 Å². The van der Waals surface area contributed by atoms with Crippen molar-refractivity contribution in [3.05, 3.63) is 34.3 Å². The van der Waals surface area contributed by atoms with E-state index in [1.807, 2.05) is 6.07 Å². The molecule has 1 heterocycles. The number of hydrogen-bond acceptors (Lipinski definition) is 2. The molecular formula is C11H12ClNO. The van der Waals surface area contributed by atoms with Gasteiger partial charge in [0.2, 0.25) is 0 Å². The Morgan fingerprint density at radius 2 is 2.36 bits per heavy atom. The highest BCUT2D eigenvalue weighted by Gasteiger charge is 2.34. The molecule has 3 heteroatoms. The molecule has 0 amide bonds. The van der Waals surface area contributed by atoms with Crippen LogP contribution in [0, 0.1) is 0 Å². The monoisotopic (exact) mass is 209 g/mol. The van der Waals surface area contributed by atoms with Gasteiger partial charge in [0.15, 0.2) is 0 Å². The van der Waals surface area contributed by atoms with Crippen LogP contribution in [-0.4, -0.2) is 19.3 Å². The van der Waals surface area contributed by atoms with Crippen molar-refractivity contribution in [3.8, 4) is 0 Å². The van der Waals surface area contributed by atoms with Crippen LogP contribution in [-0.2, 0) is 11.2 Å². The second-order valence-corrected chi connectivity index (χ2v) is 4.32. The Hall–Kier alpha value is -0.570. The molecule has 2 nitrogen and oxygen atoms in total. The SMILES string of the molecule is Clc1ccc2c(c1)C1NCCOC1C2. The van der Waals surface area contributed by atoms with Crippen LogP contribution in [0.1, 0.15) is 17.2 Å². The van der Waals surface area contributed by atoms with Crippen molar-refractivity contribution in [2.24, 2.45) is 0 Å². The molecular weight excluding hydrogens is 198 g/mol. The van der Waals surface area contributed by atoms with Crippen LogP contribution in [0.25, 0.3) is 0 Å². The minimum atomic E-state index is 0.317. The van der Waals surface area contributed by atoms with Crippen LogP contribution < -0.4 is 5.32 Å². The van der Waals surface area contributed by atoms with Crippen molar-refractivity contribution in [2.45, 2.75) is 18.6 Å². The van der Waals surface area contributed by atoms with Gasteiger partial charge in [-0.1, -0.05) is 17.7 Å². The van der Waals surface area contributed by atoms with Gasteiger partial charge in [-0.15, -0.1) is 0 Å². The maximum Gasteiger partial charge on any atom is 0.0810 e. The second-order valence-electron chi connectivity index (χ2n) is 3.89. The van der Waals surface area contributed by atoms with Crippen molar-refractivity contribution in [1.29, 1.82) is 0 Å². The summed E-state index contributed by atoms with van der Waals surface area (Å²) in [7, 11) is 0. The minimum Gasteiger partial charge on any atom is -0.375 e. The third-order valence-electron chi connectivity index (χ3n) is 3.03. The fourth-order valence-corrected chi connectivity index (χ4v) is 2.58. The van der Waals surface area contributed by atoms with Gasteiger partial charge < -0.3 is 10.1 Å². The van der Waals surface area contributed by atoms with Gasteiger partial charge in [-0.3, -0.25) is 0 Å². The number of hydrogen-bond donors (Lipinski definition) is 1. The molecule has 3 rings (SSSR count). The zero-order valence-corrected chi connectivity index (χ0v) is 8.55. The predicted molar refractivity (Wildman–Crippen MR) is 55.6 cm³/mol. The van der Waals surface area contributed by atoms with E-state index in [1.54, 1.807) is 0 Å². The van der Waals surface area contributed by atoms with Crippen molar-refractivity contribution >= 4 is 11.6 Å². The molecule has 74 valence electrons. The maximum absolute atomic E-state index is 5.99. The van der Waals surface area contributed by atoms with E-state index in [4.69, 9.17) is 16.3 Å². The molecule has 2 atom stereocenters. The summed E-state index contributed by atoms with van der Waals surface area (Å²) in [6.45, 7) is 1.76. The molecule has 14 heavy (non-hydrogen) atoms. The summed E-state index contributed by atoms with van der Waals surface area (Å²) in [5.74, 6) is 0. The Morgan fingerprint density at radius 1 is 1.43 bits per heavy atom. The molecule has 1 aromatic carbocycles. The van der Waals surface area contributed by atoms with Crippen LogP contribution in [0.5, 0.6) is 0 Å². The molecule has 0 aromatic heterocycles. The van der Waals surface area contributed by atoms with E-state index in [0.29, 0.717) is 12.1 Å². The number of halogens is 1. The van der Waals surface area contributed by atoms with Crippen molar-refractivity contribution < 1.29 is 4.74 Å². The first kappa shape index (κ1) is 8.72. The fraction of sp³-hybridized carbons (Fsp3) is 0.455. The molecule has 1 fully saturated rings. The number of benzene rings is 1. The Kier molecular flexibility index (Phi) is 2.01. The van der Waals surface area contributed by atoms with Crippen molar-refractivity contribution in [1.82, 2.24) is 5.32 Å². The lowest BCUT2D eigenvalue weighted by molar-refractivity contribution is 0.00504. The summed E-state index contributed by atoms with van der Waals surface area (Å²) in [6.07, 6.45) is 1.33. The lowest BCUT2D eigenvalue weighted by atomic mass is 10.1. The minimum absolute atomic E-state index is 0.317. The lowest BCUT2D eigenvalue weighted by Crippen LogP contribution is -2.39. The van der Waals surface area contributed by atoms with E-state index in [0.717, 1.165) is 24.6 Å². The van der Waals surface area contributed by atoms with Crippen molar-refractivity contribution in [3.63, 3.8) is 0 Å². The molecule has 1 aromatic rings. The van der Waals surface area contributed by atoms with Gasteiger partial charge in [-0.25, -0.2) is 0 Å². The quantitative estimate of drug-likeness (QED) is 0.705. The Labute approximate surface area is 88.2 Å². The van der Waals surface area contributed by atoms with Crippen molar-refractivity contribution in [2.75, 3.05) is 13.2 Å². The first-order valence-electron chi connectivity index (χ1n) is 4.98. The summed E-state index contributed by atoms with van der Waals surface area (Å²) < 4.78 is 5.72. The molecule has 1 aliphatic carbocycles. The first-order valence-corrected chi connectivity index (χ1v) is 5.36. The topological polar surface area (TPSA) is 21.3 Å². The lowest BCUT2D eigenvalue weighted by Gasteiger charge is -2.27. The molecule has 1 aliphatic heterocycles. The number of morpholine rings is 1. The zero-order valence-electron chi connectivity index (χ0n) is 7.79. The number of fused-ring (bicyclic) bond motifs is 3. The molecule has 0 radical (unpaired) electrons. The Bertz CT molecular complexity index is 366. The van der Waals surface area contributed by atoms with Crippen LogP contribution >= 0.6 is 11.6 Å². The third-order valence-corrected chi connectivity index (χ3v) is 3.27. The second kappa shape index (κ2) is 3.23. The summed E-state index contributed by atoms with van der Waals surface area (Å²) in [4.78, 5) is 0. The largest absolute Gasteiger partial charge is 0.375 e. The summed E-state index contributed by atoms with van der Waals surface area (Å²) >= 11 is 5.99. The molecule has 0 bridgehead atoms. The average molecular weight is 210 g/mol. The molecule has 2 aliphatic rings. The predicted octanol–water partition coefficient (Wildman–Crippen LogP) is 1.93. The number of ether oxygens (including phenoxy) is 1. The highest BCUT2D eigenvalue weighted by atomic mass is 35.5. The van der Waals surface area contributed by atoms with Gasteiger partial charge in [0.05, 0.1) is 18.8 Å². The highest BCUT2D eigenvalue weighted by molar-refractivity contribution is 6.30. The average Bonchev–Trinajstić information content (AvgIpc) is 2.56. The standard InChI is InChI=1S/C11H12ClNO/c12-8-2-1-7-5-10-11(9(7)6-8)13-3-4-14-10/h1-2,6,10-11,13H,3-5H2. The molecule has 2 unspecified atom stereocenters. The molecule has 0 saturated carbocycles. The smallest absolute Gasteiger partial charge is 0.0810 e. The summed E-state index contributed by atoms with van der Waals surface area (Å²) in [6, 6.07) is 6.49.